The van der Waals surface area contributed by atoms with Crippen molar-refractivity contribution in [2.45, 2.75) is 84.2 Å². The minimum atomic E-state index is 0.142. The summed E-state index contributed by atoms with van der Waals surface area (Å²) in [7, 11) is 0. The summed E-state index contributed by atoms with van der Waals surface area (Å²) in [4.78, 5) is 4.89. The summed E-state index contributed by atoms with van der Waals surface area (Å²) in [5.74, 6) is 0.867. The molecular formula is C23H34BrNO2. The van der Waals surface area contributed by atoms with Gasteiger partial charge in [-0.05, 0) is 57.4 Å². The average Bonchev–Trinajstić information content (AvgIpc) is 2.65. The minimum absolute atomic E-state index is 0.142. The average molecular weight is 436 g/mol. The molecule has 2 aromatic rings. The van der Waals surface area contributed by atoms with Crippen LogP contribution in [0.25, 0.3) is 10.9 Å². The molecule has 150 valence electrons. The van der Waals surface area contributed by atoms with E-state index in [0.29, 0.717) is 6.61 Å². The van der Waals surface area contributed by atoms with Gasteiger partial charge in [0.05, 0.1) is 6.10 Å². The normalized spacial score (nSPS) is 11.4. The molecule has 0 amide bonds. The summed E-state index contributed by atoms with van der Waals surface area (Å²) in [5.41, 5.74) is 2.11. The Morgan fingerprint density at radius 3 is 2.15 bits per heavy atom. The van der Waals surface area contributed by atoms with Crippen LogP contribution in [0.5, 0.6) is 5.75 Å². The molecule has 0 aliphatic carbocycles. The van der Waals surface area contributed by atoms with Crippen LogP contribution in [0.3, 0.4) is 0 Å². The van der Waals surface area contributed by atoms with Crippen molar-refractivity contribution in [1.29, 1.82) is 0 Å². The van der Waals surface area contributed by atoms with Gasteiger partial charge in [0, 0.05) is 22.2 Å². The summed E-state index contributed by atoms with van der Waals surface area (Å²) in [5, 5.41) is 9.88. The second-order valence-corrected chi connectivity index (χ2v) is 8.42. The molecule has 0 saturated carbocycles. The Balaban J connectivity index is 1.78. The standard InChI is InChI=1S/C23H34BrNO2/c1-18(2)27-22-16-15-21(24)20-14-13-19(25-23(20)22)12-10-8-6-4-3-5-7-9-11-17-26/h13-16,18,26H,3-12,17H2,1-2H3. The Morgan fingerprint density at radius 1 is 0.889 bits per heavy atom. The van der Waals surface area contributed by atoms with Crippen molar-refractivity contribution in [3.8, 4) is 5.75 Å². The van der Waals surface area contributed by atoms with Crippen LogP contribution in [0.2, 0.25) is 0 Å². The molecule has 0 aliphatic rings. The van der Waals surface area contributed by atoms with E-state index in [4.69, 9.17) is 14.8 Å². The molecule has 0 saturated heterocycles. The highest BCUT2D eigenvalue weighted by molar-refractivity contribution is 9.10. The summed E-state index contributed by atoms with van der Waals surface area (Å²) < 4.78 is 7.01. The monoisotopic (exact) mass is 435 g/mol. The summed E-state index contributed by atoms with van der Waals surface area (Å²) in [6.45, 7) is 4.43. The lowest BCUT2D eigenvalue weighted by Crippen LogP contribution is -2.06. The number of halogens is 1. The van der Waals surface area contributed by atoms with Crippen LogP contribution in [0.4, 0.5) is 0 Å². The van der Waals surface area contributed by atoms with Gasteiger partial charge in [-0.15, -0.1) is 0 Å². The lowest BCUT2D eigenvalue weighted by atomic mass is 10.1. The lowest BCUT2D eigenvalue weighted by molar-refractivity contribution is 0.245. The van der Waals surface area contributed by atoms with Gasteiger partial charge < -0.3 is 9.84 Å². The molecule has 1 heterocycles. The van der Waals surface area contributed by atoms with Crippen molar-refractivity contribution in [2.24, 2.45) is 0 Å². The number of fused-ring (bicyclic) bond motifs is 1. The Labute approximate surface area is 172 Å². The number of rotatable bonds is 13. The molecular weight excluding hydrogens is 402 g/mol. The fraction of sp³-hybridized carbons (Fsp3) is 0.609. The van der Waals surface area contributed by atoms with E-state index in [1.165, 1.54) is 51.4 Å². The summed E-state index contributed by atoms with van der Waals surface area (Å²) >= 11 is 3.62. The number of aliphatic hydroxyl groups excluding tert-OH is 1. The van der Waals surface area contributed by atoms with E-state index in [1.54, 1.807) is 0 Å². The molecule has 0 radical (unpaired) electrons. The van der Waals surface area contributed by atoms with Crippen molar-refractivity contribution in [2.75, 3.05) is 6.61 Å². The first-order valence-electron chi connectivity index (χ1n) is 10.5. The molecule has 1 aromatic carbocycles. The van der Waals surface area contributed by atoms with Gasteiger partial charge in [-0.25, -0.2) is 4.98 Å². The maximum Gasteiger partial charge on any atom is 0.145 e. The number of ether oxygens (including phenoxy) is 1. The third kappa shape index (κ3) is 7.79. The van der Waals surface area contributed by atoms with Crippen LogP contribution in [-0.4, -0.2) is 22.8 Å². The highest BCUT2D eigenvalue weighted by atomic mass is 79.9. The van der Waals surface area contributed by atoms with E-state index in [9.17, 15) is 0 Å². The zero-order valence-corrected chi connectivity index (χ0v) is 18.4. The van der Waals surface area contributed by atoms with Crippen molar-refractivity contribution >= 4 is 26.8 Å². The Morgan fingerprint density at radius 2 is 1.52 bits per heavy atom. The van der Waals surface area contributed by atoms with Gasteiger partial charge in [0.2, 0.25) is 0 Å². The molecule has 0 unspecified atom stereocenters. The highest BCUT2D eigenvalue weighted by Gasteiger charge is 2.10. The number of aromatic nitrogens is 1. The van der Waals surface area contributed by atoms with Crippen molar-refractivity contribution in [1.82, 2.24) is 4.98 Å². The van der Waals surface area contributed by atoms with Crippen LogP contribution in [0.15, 0.2) is 28.7 Å². The molecule has 2 rings (SSSR count). The first kappa shape index (κ1) is 22.2. The molecule has 1 aromatic heterocycles. The molecule has 3 nitrogen and oxygen atoms in total. The van der Waals surface area contributed by atoms with Gasteiger partial charge in [-0.3, -0.25) is 0 Å². The number of aryl methyl sites for hydroxylation is 1. The van der Waals surface area contributed by atoms with Crippen LogP contribution < -0.4 is 4.74 Å². The van der Waals surface area contributed by atoms with Crippen molar-refractivity contribution in [3.63, 3.8) is 0 Å². The van der Waals surface area contributed by atoms with Crippen molar-refractivity contribution in [3.05, 3.63) is 34.4 Å². The van der Waals surface area contributed by atoms with Gasteiger partial charge in [0.15, 0.2) is 0 Å². The van der Waals surface area contributed by atoms with E-state index >= 15 is 0 Å². The predicted molar refractivity (Wildman–Crippen MR) is 118 cm³/mol. The highest BCUT2D eigenvalue weighted by Crippen LogP contribution is 2.31. The second kappa shape index (κ2) is 12.4. The van der Waals surface area contributed by atoms with Gasteiger partial charge >= 0.3 is 0 Å². The van der Waals surface area contributed by atoms with Crippen LogP contribution >= 0.6 is 15.9 Å². The largest absolute Gasteiger partial charge is 0.489 e. The Kier molecular flexibility index (Phi) is 10.1. The number of aliphatic hydroxyl groups is 1. The maximum atomic E-state index is 8.77. The van der Waals surface area contributed by atoms with E-state index < -0.39 is 0 Å². The van der Waals surface area contributed by atoms with Crippen molar-refractivity contribution < 1.29 is 9.84 Å². The van der Waals surface area contributed by atoms with Gasteiger partial charge in [-0.1, -0.05) is 60.9 Å². The molecule has 27 heavy (non-hydrogen) atoms. The predicted octanol–water partition coefficient (Wildman–Crippen LogP) is 6.83. The fourth-order valence-corrected chi connectivity index (χ4v) is 3.79. The number of nitrogens with zero attached hydrogens (tertiary/aromatic N) is 1. The quantitative estimate of drug-likeness (QED) is 0.350. The van der Waals surface area contributed by atoms with Gasteiger partial charge in [0.1, 0.15) is 11.3 Å². The van der Waals surface area contributed by atoms with E-state index in [2.05, 4.69) is 28.1 Å². The molecule has 0 spiro atoms. The third-order valence-corrected chi connectivity index (χ3v) is 5.47. The van der Waals surface area contributed by atoms with E-state index in [1.807, 2.05) is 26.0 Å². The lowest BCUT2D eigenvalue weighted by Gasteiger charge is -2.13. The maximum absolute atomic E-state index is 8.77. The number of unbranched alkanes of at least 4 members (excludes halogenated alkanes) is 8. The molecule has 1 N–H and O–H groups in total. The number of hydrogen-bond acceptors (Lipinski definition) is 3. The molecule has 0 fully saturated rings. The van der Waals surface area contributed by atoms with Crippen LogP contribution in [-0.2, 0) is 6.42 Å². The zero-order chi connectivity index (χ0) is 19.5. The first-order valence-corrected chi connectivity index (χ1v) is 11.3. The van der Waals surface area contributed by atoms with Crippen LogP contribution in [0.1, 0.15) is 77.3 Å². The summed E-state index contributed by atoms with van der Waals surface area (Å²) in [6.07, 6.45) is 12.3. The van der Waals surface area contributed by atoms with Gasteiger partial charge in [-0.2, -0.15) is 0 Å². The number of hydrogen-bond donors (Lipinski definition) is 1. The number of benzene rings is 1. The minimum Gasteiger partial charge on any atom is -0.489 e. The second-order valence-electron chi connectivity index (χ2n) is 7.57. The Bertz CT molecular complexity index is 687. The molecule has 4 heteroatoms. The molecule has 0 aliphatic heterocycles. The van der Waals surface area contributed by atoms with Crippen LogP contribution in [0, 0.1) is 0 Å². The van der Waals surface area contributed by atoms with E-state index in [-0.39, 0.29) is 6.10 Å². The smallest absolute Gasteiger partial charge is 0.145 e. The van der Waals surface area contributed by atoms with Gasteiger partial charge in [0.25, 0.3) is 0 Å². The molecule has 0 bridgehead atoms. The van der Waals surface area contributed by atoms with E-state index in [0.717, 1.165) is 39.7 Å². The third-order valence-electron chi connectivity index (χ3n) is 4.78. The topological polar surface area (TPSA) is 42.4 Å². The Hall–Kier alpha value is -1.13. The number of pyridine rings is 1. The fourth-order valence-electron chi connectivity index (χ4n) is 3.34. The SMILES string of the molecule is CC(C)Oc1ccc(Br)c2ccc(CCCCCCCCCCCO)nc12. The molecule has 0 atom stereocenters. The zero-order valence-electron chi connectivity index (χ0n) is 16.8. The summed E-state index contributed by atoms with van der Waals surface area (Å²) in [6, 6.07) is 8.34. The first-order chi connectivity index (χ1) is 13.1.